The van der Waals surface area contributed by atoms with Crippen molar-refractivity contribution in [2.75, 3.05) is 11.9 Å². The van der Waals surface area contributed by atoms with E-state index in [1.54, 1.807) is 17.5 Å². The van der Waals surface area contributed by atoms with Crippen molar-refractivity contribution >= 4 is 32.4 Å². The molecule has 0 saturated heterocycles. The van der Waals surface area contributed by atoms with Crippen molar-refractivity contribution in [3.05, 3.63) is 28.2 Å². The predicted molar refractivity (Wildman–Crippen MR) is 65.1 cm³/mol. The lowest BCUT2D eigenvalue weighted by atomic mass is 10.5. The zero-order valence-electron chi connectivity index (χ0n) is 8.51. The number of hydrogen-bond acceptors (Lipinski definition) is 4. The smallest absolute Gasteiger partial charge is 0.186 e. The van der Waals surface area contributed by atoms with Gasteiger partial charge in [-0.05, 0) is 15.9 Å². The molecule has 80 valence electrons. The van der Waals surface area contributed by atoms with Crippen LogP contribution < -0.4 is 4.90 Å². The minimum absolute atomic E-state index is 0.767. The summed E-state index contributed by atoms with van der Waals surface area (Å²) in [6, 6.07) is 0. The highest BCUT2D eigenvalue weighted by Gasteiger charge is 2.08. The molecular weight excluding hydrogens is 276 g/mol. The molecule has 0 atom stereocenters. The summed E-state index contributed by atoms with van der Waals surface area (Å²) >= 11 is 4.96. The molecule has 0 spiro atoms. The molecule has 0 aliphatic heterocycles. The van der Waals surface area contributed by atoms with E-state index in [0.717, 1.165) is 22.1 Å². The van der Waals surface area contributed by atoms with Crippen LogP contribution in [-0.4, -0.2) is 21.6 Å². The average Bonchev–Trinajstić information content (AvgIpc) is 2.77. The standard InChI is InChI=1S/C9H11BrN4S/c1-13-4-3-11-8(13)5-14(2)9-12-7(10)6-15-9/h3-4,6H,5H2,1-2H3. The highest BCUT2D eigenvalue weighted by molar-refractivity contribution is 9.10. The third kappa shape index (κ3) is 2.38. The predicted octanol–water partition coefficient (Wildman–Crippen LogP) is 2.28. The second-order valence-electron chi connectivity index (χ2n) is 3.26. The number of hydrogen-bond donors (Lipinski definition) is 0. The fraction of sp³-hybridized carbons (Fsp3) is 0.333. The summed E-state index contributed by atoms with van der Waals surface area (Å²) in [5.41, 5.74) is 0. The van der Waals surface area contributed by atoms with Gasteiger partial charge in [0, 0.05) is 31.9 Å². The summed E-state index contributed by atoms with van der Waals surface area (Å²) in [6.45, 7) is 0.767. The minimum atomic E-state index is 0.767. The summed E-state index contributed by atoms with van der Waals surface area (Å²) in [4.78, 5) is 10.7. The van der Waals surface area contributed by atoms with Crippen LogP contribution in [0.2, 0.25) is 0 Å². The average molecular weight is 287 g/mol. The first-order chi connectivity index (χ1) is 7.16. The highest BCUT2D eigenvalue weighted by Crippen LogP contribution is 2.23. The zero-order chi connectivity index (χ0) is 10.8. The topological polar surface area (TPSA) is 34.0 Å². The summed E-state index contributed by atoms with van der Waals surface area (Å²) in [7, 11) is 4.01. The van der Waals surface area contributed by atoms with E-state index >= 15 is 0 Å². The lowest BCUT2D eigenvalue weighted by Crippen LogP contribution is -2.18. The van der Waals surface area contributed by atoms with Crippen LogP contribution in [0.25, 0.3) is 0 Å². The maximum atomic E-state index is 4.34. The second kappa shape index (κ2) is 4.32. The van der Waals surface area contributed by atoms with Gasteiger partial charge in [-0.2, -0.15) is 0 Å². The molecule has 6 heteroatoms. The first-order valence-electron chi connectivity index (χ1n) is 4.45. The molecule has 4 nitrogen and oxygen atoms in total. The SMILES string of the molecule is CN(Cc1nccn1C)c1nc(Br)cs1. The first-order valence-corrected chi connectivity index (χ1v) is 6.12. The Hall–Kier alpha value is -0.880. The molecule has 2 aromatic heterocycles. The Balaban J connectivity index is 2.10. The molecule has 2 heterocycles. The third-order valence-electron chi connectivity index (χ3n) is 2.09. The van der Waals surface area contributed by atoms with Gasteiger partial charge < -0.3 is 9.47 Å². The number of nitrogens with zero attached hydrogens (tertiary/aromatic N) is 4. The Morgan fingerprint density at radius 1 is 1.60 bits per heavy atom. The van der Waals surface area contributed by atoms with Crippen molar-refractivity contribution in [2.45, 2.75) is 6.54 Å². The van der Waals surface area contributed by atoms with Crippen LogP contribution in [0, 0.1) is 0 Å². The number of halogens is 1. The summed E-state index contributed by atoms with van der Waals surface area (Å²) in [6.07, 6.45) is 3.75. The minimum Gasteiger partial charge on any atom is -0.344 e. The van der Waals surface area contributed by atoms with Crippen LogP contribution in [0.4, 0.5) is 5.13 Å². The molecule has 0 aromatic carbocycles. The molecule has 2 rings (SSSR count). The van der Waals surface area contributed by atoms with Gasteiger partial charge in [0.05, 0.1) is 6.54 Å². The van der Waals surface area contributed by atoms with Crippen molar-refractivity contribution in [1.29, 1.82) is 0 Å². The lowest BCUT2D eigenvalue weighted by Gasteiger charge is -2.14. The number of aryl methyl sites for hydroxylation is 1. The quantitative estimate of drug-likeness (QED) is 0.868. The van der Waals surface area contributed by atoms with Gasteiger partial charge in [0.1, 0.15) is 10.4 Å². The molecule has 15 heavy (non-hydrogen) atoms. The van der Waals surface area contributed by atoms with Gasteiger partial charge in [-0.3, -0.25) is 0 Å². The van der Waals surface area contributed by atoms with Crippen LogP contribution >= 0.6 is 27.3 Å². The van der Waals surface area contributed by atoms with Crippen molar-refractivity contribution in [2.24, 2.45) is 7.05 Å². The number of anilines is 1. The second-order valence-corrected chi connectivity index (χ2v) is 4.91. The highest BCUT2D eigenvalue weighted by atomic mass is 79.9. The summed E-state index contributed by atoms with van der Waals surface area (Å²) < 4.78 is 2.90. The fourth-order valence-corrected chi connectivity index (χ4v) is 2.47. The van der Waals surface area contributed by atoms with Gasteiger partial charge >= 0.3 is 0 Å². The van der Waals surface area contributed by atoms with E-state index in [9.17, 15) is 0 Å². The van der Waals surface area contributed by atoms with E-state index in [4.69, 9.17) is 0 Å². The fourth-order valence-electron chi connectivity index (χ4n) is 1.25. The molecular formula is C9H11BrN4S. The largest absolute Gasteiger partial charge is 0.344 e. The molecule has 2 aromatic rings. The number of imidazole rings is 1. The Morgan fingerprint density at radius 2 is 2.40 bits per heavy atom. The normalized spacial score (nSPS) is 10.6. The van der Waals surface area contributed by atoms with Crippen LogP contribution in [0.1, 0.15) is 5.82 Å². The van der Waals surface area contributed by atoms with Crippen molar-refractivity contribution < 1.29 is 0 Å². The molecule has 0 bridgehead atoms. The van der Waals surface area contributed by atoms with Gasteiger partial charge in [-0.15, -0.1) is 11.3 Å². The molecule has 0 unspecified atom stereocenters. The van der Waals surface area contributed by atoms with Crippen molar-refractivity contribution in [1.82, 2.24) is 14.5 Å². The maximum Gasteiger partial charge on any atom is 0.186 e. The van der Waals surface area contributed by atoms with E-state index in [0.29, 0.717) is 0 Å². The van der Waals surface area contributed by atoms with Crippen LogP contribution in [-0.2, 0) is 13.6 Å². The van der Waals surface area contributed by atoms with E-state index in [1.807, 2.05) is 30.2 Å². The van der Waals surface area contributed by atoms with Gasteiger partial charge in [-0.25, -0.2) is 9.97 Å². The van der Waals surface area contributed by atoms with E-state index in [1.165, 1.54) is 0 Å². The summed E-state index contributed by atoms with van der Waals surface area (Å²) in [5, 5.41) is 2.97. The number of rotatable bonds is 3. The molecule has 0 fully saturated rings. The number of thiazole rings is 1. The van der Waals surface area contributed by atoms with E-state index in [-0.39, 0.29) is 0 Å². The van der Waals surface area contributed by atoms with Crippen LogP contribution in [0.3, 0.4) is 0 Å². The Labute approximate surface area is 101 Å². The Kier molecular flexibility index (Phi) is 3.06. The molecule has 0 aliphatic carbocycles. The Bertz CT molecular complexity index is 450. The lowest BCUT2D eigenvalue weighted by molar-refractivity contribution is 0.759. The van der Waals surface area contributed by atoms with E-state index in [2.05, 4.69) is 30.8 Å². The third-order valence-corrected chi connectivity index (χ3v) is 3.75. The first kappa shape index (κ1) is 10.6. The zero-order valence-corrected chi connectivity index (χ0v) is 10.9. The van der Waals surface area contributed by atoms with Crippen LogP contribution in [0.5, 0.6) is 0 Å². The summed E-state index contributed by atoms with van der Waals surface area (Å²) in [5.74, 6) is 1.03. The molecule has 0 saturated carbocycles. The van der Waals surface area contributed by atoms with Gasteiger partial charge in [0.25, 0.3) is 0 Å². The van der Waals surface area contributed by atoms with Crippen molar-refractivity contribution in [3.8, 4) is 0 Å². The van der Waals surface area contributed by atoms with Gasteiger partial charge in [0.15, 0.2) is 5.13 Å². The molecule has 0 aliphatic rings. The van der Waals surface area contributed by atoms with Gasteiger partial charge in [0.2, 0.25) is 0 Å². The monoisotopic (exact) mass is 286 g/mol. The molecule has 0 N–H and O–H groups in total. The maximum absolute atomic E-state index is 4.34. The van der Waals surface area contributed by atoms with Gasteiger partial charge in [-0.1, -0.05) is 0 Å². The van der Waals surface area contributed by atoms with Crippen LogP contribution in [0.15, 0.2) is 22.4 Å². The number of aromatic nitrogens is 3. The van der Waals surface area contributed by atoms with Crippen molar-refractivity contribution in [3.63, 3.8) is 0 Å². The molecule has 0 radical (unpaired) electrons. The van der Waals surface area contributed by atoms with E-state index < -0.39 is 0 Å². The molecule has 0 amide bonds. The Morgan fingerprint density at radius 3 is 2.93 bits per heavy atom.